The molecule has 2 aromatic rings. The Kier molecular flexibility index (Phi) is 3.54. The summed E-state index contributed by atoms with van der Waals surface area (Å²) < 4.78 is 12.7. The Labute approximate surface area is 97.9 Å². The summed E-state index contributed by atoms with van der Waals surface area (Å²) in [4.78, 5) is 0. The van der Waals surface area contributed by atoms with Crippen LogP contribution in [0.5, 0.6) is 0 Å². The number of nitrogens with two attached hydrogens (primary N) is 1. The third-order valence-electron chi connectivity index (χ3n) is 2.37. The van der Waals surface area contributed by atoms with Crippen molar-refractivity contribution in [2.45, 2.75) is 6.04 Å². The third kappa shape index (κ3) is 2.59. The van der Waals surface area contributed by atoms with Crippen molar-refractivity contribution < 1.29 is 4.39 Å². The lowest BCUT2D eigenvalue weighted by Crippen LogP contribution is -2.19. The molecule has 0 amide bonds. The lowest BCUT2D eigenvalue weighted by molar-refractivity contribution is 0.628. The summed E-state index contributed by atoms with van der Waals surface area (Å²) in [6.07, 6.45) is 0. The fourth-order valence-corrected chi connectivity index (χ4v) is 2.21. The molecule has 0 saturated carbocycles. The second-order valence-corrected chi connectivity index (χ2v) is 4.28. The monoisotopic (exact) mass is 236 g/mol. The molecule has 0 aliphatic carbocycles. The van der Waals surface area contributed by atoms with Crippen LogP contribution in [0.4, 0.5) is 10.1 Å². The van der Waals surface area contributed by atoms with Crippen molar-refractivity contribution in [3.8, 4) is 0 Å². The highest BCUT2D eigenvalue weighted by Gasteiger charge is 2.09. The second-order valence-electron chi connectivity index (χ2n) is 3.50. The van der Waals surface area contributed by atoms with E-state index in [9.17, 15) is 4.39 Å². The van der Waals surface area contributed by atoms with Crippen LogP contribution in [-0.4, -0.2) is 6.54 Å². The fourth-order valence-electron chi connectivity index (χ4n) is 1.50. The molecule has 0 saturated heterocycles. The molecule has 0 aliphatic rings. The van der Waals surface area contributed by atoms with Crippen LogP contribution in [0.3, 0.4) is 0 Å². The van der Waals surface area contributed by atoms with Gasteiger partial charge in [-0.25, -0.2) is 4.39 Å². The first-order chi connectivity index (χ1) is 7.79. The molecule has 3 N–H and O–H groups in total. The molecule has 1 aromatic carbocycles. The minimum atomic E-state index is -0.231. The predicted octanol–water partition coefficient (Wildman–Crippen LogP) is 3.00. The Balaban J connectivity index is 2.10. The van der Waals surface area contributed by atoms with E-state index in [0.717, 1.165) is 11.3 Å². The number of hydrogen-bond acceptors (Lipinski definition) is 3. The lowest BCUT2D eigenvalue weighted by atomic mass is 10.1. The minimum absolute atomic E-state index is 0.0803. The summed E-state index contributed by atoms with van der Waals surface area (Å²) in [5, 5.41) is 7.36. The molecular formula is C12H13FN2S. The Bertz CT molecular complexity index is 425. The van der Waals surface area contributed by atoms with Crippen LogP contribution in [0.25, 0.3) is 0 Å². The molecule has 2 rings (SSSR count). The van der Waals surface area contributed by atoms with E-state index in [4.69, 9.17) is 5.73 Å². The highest BCUT2D eigenvalue weighted by atomic mass is 32.1. The summed E-state index contributed by atoms with van der Waals surface area (Å²) in [5.41, 5.74) is 7.75. The topological polar surface area (TPSA) is 38.0 Å². The zero-order chi connectivity index (χ0) is 11.4. The Morgan fingerprint density at radius 2 is 2.00 bits per heavy atom. The number of nitrogens with one attached hydrogen (secondary N) is 1. The van der Waals surface area contributed by atoms with Crippen molar-refractivity contribution in [3.05, 3.63) is 52.5 Å². The van der Waals surface area contributed by atoms with Gasteiger partial charge in [-0.2, -0.15) is 11.3 Å². The van der Waals surface area contributed by atoms with Gasteiger partial charge in [-0.15, -0.1) is 0 Å². The number of anilines is 1. The van der Waals surface area contributed by atoms with Crippen LogP contribution >= 0.6 is 11.3 Å². The first kappa shape index (κ1) is 11.1. The van der Waals surface area contributed by atoms with Crippen LogP contribution < -0.4 is 11.1 Å². The Hall–Kier alpha value is -1.39. The maximum atomic E-state index is 12.7. The van der Waals surface area contributed by atoms with Gasteiger partial charge in [0.25, 0.3) is 0 Å². The number of thiophene rings is 1. The molecule has 0 fully saturated rings. The van der Waals surface area contributed by atoms with Gasteiger partial charge in [-0.1, -0.05) is 0 Å². The molecule has 0 aliphatic heterocycles. The smallest absolute Gasteiger partial charge is 0.123 e. The second kappa shape index (κ2) is 5.09. The first-order valence-electron chi connectivity index (χ1n) is 5.04. The van der Waals surface area contributed by atoms with Gasteiger partial charge in [-0.05, 0) is 46.7 Å². The summed E-state index contributed by atoms with van der Waals surface area (Å²) in [5.74, 6) is -0.231. The van der Waals surface area contributed by atoms with E-state index in [-0.39, 0.29) is 11.9 Å². The first-order valence-corrected chi connectivity index (χ1v) is 5.98. The molecule has 1 atom stereocenters. The number of rotatable bonds is 4. The fraction of sp³-hybridized carbons (Fsp3) is 0.167. The molecule has 0 radical (unpaired) electrons. The summed E-state index contributed by atoms with van der Waals surface area (Å²) in [7, 11) is 0. The molecule has 0 bridgehead atoms. The average Bonchev–Trinajstić information content (AvgIpc) is 2.82. The standard InChI is InChI=1S/C12H13FN2S/c13-10-1-3-11(4-2-10)15-12(7-14)9-5-6-16-8-9/h1-6,8,12,15H,7,14H2. The van der Waals surface area contributed by atoms with Crippen LogP contribution in [-0.2, 0) is 0 Å². The minimum Gasteiger partial charge on any atom is -0.377 e. The van der Waals surface area contributed by atoms with Crippen molar-refractivity contribution >= 4 is 17.0 Å². The molecule has 1 heterocycles. The van der Waals surface area contributed by atoms with Gasteiger partial charge in [0.2, 0.25) is 0 Å². The van der Waals surface area contributed by atoms with E-state index >= 15 is 0 Å². The van der Waals surface area contributed by atoms with Crippen molar-refractivity contribution in [2.24, 2.45) is 5.73 Å². The van der Waals surface area contributed by atoms with Gasteiger partial charge in [0.1, 0.15) is 5.82 Å². The van der Waals surface area contributed by atoms with Gasteiger partial charge in [0.15, 0.2) is 0 Å². The van der Waals surface area contributed by atoms with Gasteiger partial charge in [-0.3, -0.25) is 0 Å². The summed E-state index contributed by atoms with van der Waals surface area (Å²) >= 11 is 1.64. The van der Waals surface area contributed by atoms with Crippen molar-refractivity contribution in [2.75, 3.05) is 11.9 Å². The van der Waals surface area contributed by atoms with Crippen molar-refractivity contribution in [1.29, 1.82) is 0 Å². The van der Waals surface area contributed by atoms with Gasteiger partial charge < -0.3 is 11.1 Å². The number of hydrogen-bond donors (Lipinski definition) is 2. The maximum Gasteiger partial charge on any atom is 0.123 e. The molecule has 16 heavy (non-hydrogen) atoms. The highest BCUT2D eigenvalue weighted by Crippen LogP contribution is 2.20. The normalized spacial score (nSPS) is 12.4. The van der Waals surface area contributed by atoms with E-state index in [1.54, 1.807) is 23.5 Å². The molecular weight excluding hydrogens is 223 g/mol. The molecule has 1 aromatic heterocycles. The third-order valence-corrected chi connectivity index (χ3v) is 3.07. The van der Waals surface area contributed by atoms with Gasteiger partial charge >= 0.3 is 0 Å². The average molecular weight is 236 g/mol. The lowest BCUT2D eigenvalue weighted by Gasteiger charge is -2.17. The largest absolute Gasteiger partial charge is 0.377 e. The maximum absolute atomic E-state index is 12.7. The van der Waals surface area contributed by atoms with E-state index in [2.05, 4.69) is 10.7 Å². The Morgan fingerprint density at radius 3 is 2.56 bits per heavy atom. The van der Waals surface area contributed by atoms with Crippen molar-refractivity contribution in [1.82, 2.24) is 0 Å². The quantitative estimate of drug-likeness (QED) is 0.856. The van der Waals surface area contributed by atoms with Crippen LogP contribution in [0, 0.1) is 5.82 Å². The van der Waals surface area contributed by atoms with E-state index in [1.807, 2.05) is 11.4 Å². The SMILES string of the molecule is NCC(Nc1ccc(F)cc1)c1ccsc1. The number of halogens is 1. The van der Waals surface area contributed by atoms with E-state index < -0.39 is 0 Å². The molecule has 1 unspecified atom stereocenters. The van der Waals surface area contributed by atoms with Gasteiger partial charge in [0.05, 0.1) is 6.04 Å². The van der Waals surface area contributed by atoms with Crippen molar-refractivity contribution in [3.63, 3.8) is 0 Å². The molecule has 84 valence electrons. The van der Waals surface area contributed by atoms with E-state index in [1.165, 1.54) is 12.1 Å². The number of benzene rings is 1. The highest BCUT2D eigenvalue weighted by molar-refractivity contribution is 7.08. The Morgan fingerprint density at radius 1 is 1.25 bits per heavy atom. The molecule has 4 heteroatoms. The van der Waals surface area contributed by atoms with Crippen LogP contribution in [0.15, 0.2) is 41.1 Å². The molecule has 0 spiro atoms. The van der Waals surface area contributed by atoms with Crippen LogP contribution in [0.1, 0.15) is 11.6 Å². The summed E-state index contributed by atoms with van der Waals surface area (Å²) in [6, 6.07) is 8.41. The molecule has 2 nitrogen and oxygen atoms in total. The zero-order valence-electron chi connectivity index (χ0n) is 8.69. The van der Waals surface area contributed by atoms with E-state index in [0.29, 0.717) is 6.54 Å². The van der Waals surface area contributed by atoms with Crippen LogP contribution in [0.2, 0.25) is 0 Å². The zero-order valence-corrected chi connectivity index (χ0v) is 9.51. The predicted molar refractivity (Wildman–Crippen MR) is 66.1 cm³/mol. The summed E-state index contributed by atoms with van der Waals surface area (Å²) in [6.45, 7) is 0.508. The van der Waals surface area contributed by atoms with Gasteiger partial charge in [0, 0.05) is 12.2 Å².